The Bertz CT molecular complexity index is 499. The lowest BCUT2D eigenvalue weighted by Crippen LogP contribution is -2.36. The lowest BCUT2D eigenvalue weighted by molar-refractivity contribution is -0.119. The van der Waals surface area contributed by atoms with Gasteiger partial charge in [-0.15, -0.1) is 0 Å². The topological polar surface area (TPSA) is 55.6 Å². The summed E-state index contributed by atoms with van der Waals surface area (Å²) in [4.78, 5) is 13.4. The van der Waals surface area contributed by atoms with E-state index in [9.17, 15) is 4.79 Å². The van der Waals surface area contributed by atoms with E-state index >= 15 is 0 Å². The Morgan fingerprint density at radius 2 is 2.14 bits per heavy atom. The van der Waals surface area contributed by atoms with Gasteiger partial charge in [0.1, 0.15) is 5.75 Å². The molecule has 1 amide bonds. The summed E-state index contributed by atoms with van der Waals surface area (Å²) < 4.78 is 5.19. The number of rotatable bonds is 5. The first-order valence-corrected chi connectivity index (χ1v) is 7.75. The Balaban J connectivity index is 1.97. The molecule has 21 heavy (non-hydrogen) atoms. The number of halogens is 1. The van der Waals surface area contributed by atoms with Crippen LogP contribution in [-0.2, 0) is 4.79 Å². The molecular formula is C16H23ClN2O2. The lowest BCUT2D eigenvalue weighted by Gasteiger charge is -2.36. The number of benzene rings is 1. The second-order valence-corrected chi connectivity index (χ2v) is 6.13. The molecule has 1 saturated heterocycles. The maximum Gasteiger partial charge on any atom is 0.217 e. The molecule has 0 spiro atoms. The Morgan fingerprint density at radius 1 is 1.48 bits per heavy atom. The molecule has 1 heterocycles. The Kier molecular flexibility index (Phi) is 5.48. The number of primary amides is 1. The minimum absolute atomic E-state index is 0.191. The van der Waals surface area contributed by atoms with Gasteiger partial charge in [-0.3, -0.25) is 9.69 Å². The first kappa shape index (κ1) is 16.1. The summed E-state index contributed by atoms with van der Waals surface area (Å²) in [7, 11) is 1.62. The molecule has 2 rings (SSSR count). The average molecular weight is 311 g/mol. The fraction of sp³-hybridized carbons (Fsp3) is 0.562. The van der Waals surface area contributed by atoms with Crippen LogP contribution in [0.25, 0.3) is 0 Å². The van der Waals surface area contributed by atoms with Gasteiger partial charge in [0.25, 0.3) is 0 Å². The Hall–Kier alpha value is -1.26. The van der Waals surface area contributed by atoms with Crippen molar-refractivity contribution in [2.24, 2.45) is 11.7 Å². The first-order valence-electron chi connectivity index (χ1n) is 7.37. The van der Waals surface area contributed by atoms with Gasteiger partial charge < -0.3 is 10.5 Å². The Labute approximate surface area is 131 Å². The summed E-state index contributed by atoms with van der Waals surface area (Å²) in [5.74, 6) is 0.946. The zero-order valence-electron chi connectivity index (χ0n) is 12.6. The average Bonchev–Trinajstić information content (AvgIpc) is 2.46. The number of carbonyl (C=O) groups excluding carboxylic acids is 1. The standard InChI is InChI=1S/C16H23ClN2O2/c1-11(13-3-4-15(21-2)14(17)10-13)19-7-5-12(6-8-19)9-16(18)20/h3-4,10-12H,5-9H2,1-2H3,(H2,18,20). The molecule has 116 valence electrons. The third-order valence-electron chi connectivity index (χ3n) is 4.34. The maximum atomic E-state index is 11.0. The number of piperidine rings is 1. The van der Waals surface area contributed by atoms with Gasteiger partial charge in [-0.1, -0.05) is 17.7 Å². The van der Waals surface area contributed by atoms with Crippen LogP contribution in [0.1, 0.15) is 37.8 Å². The molecule has 1 unspecified atom stereocenters. The predicted molar refractivity (Wildman–Crippen MR) is 84.5 cm³/mol. The zero-order chi connectivity index (χ0) is 15.4. The van der Waals surface area contributed by atoms with Crippen molar-refractivity contribution in [3.05, 3.63) is 28.8 Å². The lowest BCUT2D eigenvalue weighted by atomic mass is 9.92. The highest BCUT2D eigenvalue weighted by Crippen LogP contribution is 2.32. The van der Waals surface area contributed by atoms with Gasteiger partial charge >= 0.3 is 0 Å². The smallest absolute Gasteiger partial charge is 0.217 e. The van der Waals surface area contributed by atoms with Crippen LogP contribution in [0, 0.1) is 5.92 Å². The summed E-state index contributed by atoms with van der Waals surface area (Å²) in [5.41, 5.74) is 6.46. The number of hydrogen-bond donors (Lipinski definition) is 1. The van der Waals surface area contributed by atoms with E-state index in [4.69, 9.17) is 22.1 Å². The molecule has 4 nitrogen and oxygen atoms in total. The number of carbonyl (C=O) groups is 1. The second kappa shape index (κ2) is 7.14. The van der Waals surface area contributed by atoms with Crippen molar-refractivity contribution in [1.82, 2.24) is 4.90 Å². The number of likely N-dealkylation sites (tertiary alicyclic amines) is 1. The van der Waals surface area contributed by atoms with E-state index in [0.29, 0.717) is 29.2 Å². The maximum absolute atomic E-state index is 11.0. The molecule has 1 fully saturated rings. The molecule has 0 aliphatic carbocycles. The van der Waals surface area contributed by atoms with Gasteiger partial charge in [0.2, 0.25) is 5.91 Å². The predicted octanol–water partition coefficient (Wildman–Crippen LogP) is 3.00. The SMILES string of the molecule is COc1ccc(C(C)N2CCC(CC(N)=O)CC2)cc1Cl. The van der Waals surface area contributed by atoms with Gasteiger partial charge in [0.15, 0.2) is 0 Å². The summed E-state index contributed by atoms with van der Waals surface area (Å²) >= 11 is 6.20. The number of nitrogens with two attached hydrogens (primary N) is 1. The van der Waals surface area contributed by atoms with Crippen LogP contribution in [0.15, 0.2) is 18.2 Å². The number of methoxy groups -OCH3 is 1. The largest absolute Gasteiger partial charge is 0.495 e. The van der Waals surface area contributed by atoms with Crippen LogP contribution in [0.4, 0.5) is 0 Å². The monoisotopic (exact) mass is 310 g/mol. The molecular weight excluding hydrogens is 288 g/mol. The number of amides is 1. The van der Waals surface area contributed by atoms with Crippen molar-refractivity contribution in [3.63, 3.8) is 0 Å². The highest BCUT2D eigenvalue weighted by atomic mass is 35.5. The van der Waals surface area contributed by atoms with E-state index in [-0.39, 0.29) is 5.91 Å². The van der Waals surface area contributed by atoms with Gasteiger partial charge in [-0.05, 0) is 56.5 Å². The number of nitrogens with zero attached hydrogens (tertiary/aromatic N) is 1. The first-order chi connectivity index (χ1) is 10.0. The van der Waals surface area contributed by atoms with Crippen molar-refractivity contribution in [2.75, 3.05) is 20.2 Å². The van der Waals surface area contributed by atoms with E-state index in [2.05, 4.69) is 17.9 Å². The highest BCUT2D eigenvalue weighted by Gasteiger charge is 2.24. The summed E-state index contributed by atoms with van der Waals surface area (Å²) in [5, 5.41) is 0.644. The molecule has 0 aromatic heterocycles. The molecule has 1 aromatic rings. The van der Waals surface area contributed by atoms with Crippen molar-refractivity contribution in [2.45, 2.75) is 32.2 Å². The number of hydrogen-bond acceptors (Lipinski definition) is 3. The quantitative estimate of drug-likeness (QED) is 0.909. The van der Waals surface area contributed by atoms with Gasteiger partial charge in [0.05, 0.1) is 12.1 Å². The fourth-order valence-corrected chi connectivity index (χ4v) is 3.25. The van der Waals surface area contributed by atoms with E-state index < -0.39 is 0 Å². The van der Waals surface area contributed by atoms with E-state index in [1.807, 2.05) is 12.1 Å². The van der Waals surface area contributed by atoms with Crippen molar-refractivity contribution < 1.29 is 9.53 Å². The molecule has 1 aromatic carbocycles. The van der Waals surface area contributed by atoms with E-state index in [1.54, 1.807) is 7.11 Å². The molecule has 0 bridgehead atoms. The summed E-state index contributed by atoms with van der Waals surface area (Å²) in [6.45, 7) is 4.16. The van der Waals surface area contributed by atoms with Gasteiger partial charge in [-0.2, -0.15) is 0 Å². The van der Waals surface area contributed by atoms with Crippen LogP contribution in [0.3, 0.4) is 0 Å². The van der Waals surface area contributed by atoms with E-state index in [1.165, 1.54) is 5.56 Å². The van der Waals surface area contributed by atoms with E-state index in [0.717, 1.165) is 25.9 Å². The molecule has 1 atom stereocenters. The summed E-state index contributed by atoms with van der Waals surface area (Å²) in [6, 6.07) is 6.25. The van der Waals surface area contributed by atoms with Crippen molar-refractivity contribution >= 4 is 17.5 Å². The molecule has 0 saturated carbocycles. The van der Waals surface area contributed by atoms with Crippen molar-refractivity contribution in [3.8, 4) is 5.75 Å². The fourth-order valence-electron chi connectivity index (χ4n) is 2.98. The highest BCUT2D eigenvalue weighted by molar-refractivity contribution is 6.32. The molecule has 5 heteroatoms. The zero-order valence-corrected chi connectivity index (χ0v) is 13.4. The van der Waals surface area contributed by atoms with Crippen LogP contribution < -0.4 is 10.5 Å². The molecule has 1 aliphatic rings. The van der Waals surface area contributed by atoms with Gasteiger partial charge in [-0.25, -0.2) is 0 Å². The molecule has 0 radical (unpaired) electrons. The van der Waals surface area contributed by atoms with Crippen molar-refractivity contribution in [1.29, 1.82) is 0 Å². The minimum Gasteiger partial charge on any atom is -0.495 e. The second-order valence-electron chi connectivity index (χ2n) is 5.72. The Morgan fingerprint density at radius 3 is 2.67 bits per heavy atom. The number of ether oxygens (including phenoxy) is 1. The van der Waals surface area contributed by atoms with Crippen LogP contribution in [0.2, 0.25) is 5.02 Å². The third-order valence-corrected chi connectivity index (χ3v) is 4.64. The molecule has 2 N–H and O–H groups in total. The van der Waals surface area contributed by atoms with Crippen LogP contribution in [0.5, 0.6) is 5.75 Å². The normalized spacial score (nSPS) is 18.4. The molecule has 1 aliphatic heterocycles. The van der Waals surface area contributed by atoms with Gasteiger partial charge in [0, 0.05) is 12.5 Å². The van der Waals surface area contributed by atoms with Crippen LogP contribution in [-0.4, -0.2) is 31.0 Å². The minimum atomic E-state index is -0.191. The third kappa shape index (κ3) is 4.11. The van der Waals surface area contributed by atoms with Crippen LogP contribution >= 0.6 is 11.6 Å². The summed E-state index contributed by atoms with van der Waals surface area (Å²) in [6.07, 6.45) is 2.56.